The Morgan fingerprint density at radius 1 is 1.50 bits per heavy atom. The largest absolute Gasteiger partial charge is 0.291 e. The number of alkyl halides is 1. The molecule has 0 amide bonds. The van der Waals surface area contributed by atoms with Crippen molar-refractivity contribution in [2.75, 3.05) is 6.67 Å². The standard InChI is InChI=1S/C5H7FO2/c1-4(7)5(8)2-3-6/h2-3H2,1H3. The van der Waals surface area contributed by atoms with Gasteiger partial charge in [-0.15, -0.1) is 0 Å². The molecule has 0 aliphatic heterocycles. The molecular formula is C5H7FO2. The lowest BCUT2D eigenvalue weighted by atomic mass is 10.2. The van der Waals surface area contributed by atoms with E-state index in [4.69, 9.17) is 0 Å². The van der Waals surface area contributed by atoms with Crippen LogP contribution in [0.1, 0.15) is 13.3 Å². The van der Waals surface area contributed by atoms with Gasteiger partial charge in [-0.2, -0.15) is 0 Å². The Morgan fingerprint density at radius 3 is 2.12 bits per heavy atom. The average molecular weight is 118 g/mol. The van der Waals surface area contributed by atoms with E-state index in [0.29, 0.717) is 0 Å². The maximum absolute atomic E-state index is 11.2. The molecule has 0 aliphatic rings. The van der Waals surface area contributed by atoms with Crippen molar-refractivity contribution >= 4 is 11.6 Å². The van der Waals surface area contributed by atoms with Gasteiger partial charge in [-0.1, -0.05) is 0 Å². The molecule has 0 saturated heterocycles. The van der Waals surface area contributed by atoms with Gasteiger partial charge in [0.25, 0.3) is 0 Å². The summed E-state index contributed by atoms with van der Waals surface area (Å²) < 4.78 is 11.2. The number of hydrogen-bond donors (Lipinski definition) is 0. The van der Waals surface area contributed by atoms with Crippen molar-refractivity contribution in [1.82, 2.24) is 0 Å². The monoisotopic (exact) mass is 118 g/mol. The molecule has 0 unspecified atom stereocenters. The number of carbonyl (C=O) groups is 2. The lowest BCUT2D eigenvalue weighted by Gasteiger charge is -1.85. The van der Waals surface area contributed by atoms with Crippen molar-refractivity contribution in [2.45, 2.75) is 13.3 Å². The third-order valence-electron chi connectivity index (χ3n) is 0.714. The van der Waals surface area contributed by atoms with Crippen LogP contribution in [0.15, 0.2) is 0 Å². The molecule has 0 heterocycles. The lowest BCUT2D eigenvalue weighted by Crippen LogP contribution is -2.09. The van der Waals surface area contributed by atoms with E-state index in [1.807, 2.05) is 0 Å². The Bertz CT molecular complexity index is 109. The van der Waals surface area contributed by atoms with Crippen LogP contribution >= 0.6 is 0 Å². The highest BCUT2D eigenvalue weighted by Crippen LogP contribution is 1.84. The van der Waals surface area contributed by atoms with Gasteiger partial charge in [-0.05, 0) is 0 Å². The van der Waals surface area contributed by atoms with Crippen LogP contribution in [0.5, 0.6) is 0 Å². The predicted molar refractivity (Wildman–Crippen MR) is 26.3 cm³/mol. The molecule has 0 spiro atoms. The van der Waals surface area contributed by atoms with Crippen LogP contribution in [0.25, 0.3) is 0 Å². The maximum Gasteiger partial charge on any atom is 0.200 e. The van der Waals surface area contributed by atoms with Gasteiger partial charge in [0.05, 0.1) is 6.67 Å². The van der Waals surface area contributed by atoms with E-state index in [-0.39, 0.29) is 6.42 Å². The number of ketones is 2. The van der Waals surface area contributed by atoms with Crippen molar-refractivity contribution in [3.05, 3.63) is 0 Å². The minimum Gasteiger partial charge on any atom is -0.291 e. The predicted octanol–water partition coefficient (Wildman–Crippen LogP) is 0.504. The molecule has 2 nitrogen and oxygen atoms in total. The summed E-state index contributed by atoms with van der Waals surface area (Å²) in [6.45, 7) is 0.399. The van der Waals surface area contributed by atoms with E-state index < -0.39 is 18.2 Å². The van der Waals surface area contributed by atoms with Gasteiger partial charge < -0.3 is 0 Å². The van der Waals surface area contributed by atoms with Gasteiger partial charge in [0.15, 0.2) is 5.78 Å². The zero-order valence-electron chi connectivity index (χ0n) is 4.61. The molecule has 0 aromatic heterocycles. The summed E-state index contributed by atoms with van der Waals surface area (Å²) in [7, 11) is 0. The van der Waals surface area contributed by atoms with E-state index in [1.54, 1.807) is 0 Å². The number of carbonyl (C=O) groups excluding carboxylic acids is 2. The van der Waals surface area contributed by atoms with E-state index in [0.717, 1.165) is 6.92 Å². The highest BCUT2D eigenvalue weighted by Gasteiger charge is 2.04. The van der Waals surface area contributed by atoms with Crippen LogP contribution in [0.2, 0.25) is 0 Å². The third kappa shape index (κ3) is 2.44. The van der Waals surface area contributed by atoms with E-state index in [9.17, 15) is 14.0 Å². The van der Waals surface area contributed by atoms with Crippen LogP contribution in [0.3, 0.4) is 0 Å². The fourth-order valence-electron chi connectivity index (χ4n) is 0.262. The second-order valence-electron chi connectivity index (χ2n) is 1.42. The van der Waals surface area contributed by atoms with E-state index >= 15 is 0 Å². The van der Waals surface area contributed by atoms with Crippen molar-refractivity contribution < 1.29 is 14.0 Å². The molecule has 0 rings (SSSR count). The van der Waals surface area contributed by atoms with E-state index in [2.05, 4.69) is 0 Å². The first-order chi connectivity index (χ1) is 3.68. The highest BCUT2D eigenvalue weighted by molar-refractivity contribution is 6.36. The molecule has 0 atom stereocenters. The van der Waals surface area contributed by atoms with Crippen LogP contribution in [0.4, 0.5) is 4.39 Å². The molecule has 0 radical (unpaired) electrons. The summed E-state index contributed by atoms with van der Waals surface area (Å²) in [5.74, 6) is -1.20. The zero-order valence-corrected chi connectivity index (χ0v) is 4.61. The third-order valence-corrected chi connectivity index (χ3v) is 0.714. The zero-order chi connectivity index (χ0) is 6.57. The van der Waals surface area contributed by atoms with Gasteiger partial charge in [-0.3, -0.25) is 14.0 Å². The SMILES string of the molecule is CC(=O)C(=O)CCF. The van der Waals surface area contributed by atoms with Crippen molar-refractivity contribution in [1.29, 1.82) is 0 Å². The van der Waals surface area contributed by atoms with Crippen LogP contribution in [-0.2, 0) is 9.59 Å². The summed E-state index contributed by atoms with van der Waals surface area (Å²) in [6, 6.07) is 0. The van der Waals surface area contributed by atoms with E-state index in [1.165, 1.54) is 0 Å². The van der Waals surface area contributed by atoms with Crippen LogP contribution in [0, 0.1) is 0 Å². The number of halogens is 1. The van der Waals surface area contributed by atoms with Gasteiger partial charge >= 0.3 is 0 Å². The molecule has 0 fully saturated rings. The van der Waals surface area contributed by atoms with Crippen molar-refractivity contribution in [3.63, 3.8) is 0 Å². The quantitative estimate of drug-likeness (QED) is 0.506. The summed E-state index contributed by atoms with van der Waals surface area (Å²) in [5.41, 5.74) is 0. The molecular weight excluding hydrogens is 111 g/mol. The maximum atomic E-state index is 11.2. The first-order valence-electron chi connectivity index (χ1n) is 2.28. The second-order valence-corrected chi connectivity index (χ2v) is 1.42. The Hall–Kier alpha value is -0.730. The molecule has 3 heteroatoms. The summed E-state index contributed by atoms with van der Waals surface area (Å²) in [4.78, 5) is 20.2. The number of hydrogen-bond acceptors (Lipinski definition) is 2. The molecule has 0 aromatic rings. The normalized spacial score (nSPS) is 8.75. The lowest BCUT2D eigenvalue weighted by molar-refractivity contribution is -0.135. The van der Waals surface area contributed by atoms with Gasteiger partial charge in [0, 0.05) is 13.3 Å². The Balaban J connectivity index is 3.49. The minimum absolute atomic E-state index is 0.269. The first-order valence-corrected chi connectivity index (χ1v) is 2.28. The highest BCUT2D eigenvalue weighted by atomic mass is 19.1. The Kier molecular flexibility index (Phi) is 2.99. The smallest absolute Gasteiger partial charge is 0.200 e. The van der Waals surface area contributed by atoms with Crippen LogP contribution in [-0.4, -0.2) is 18.2 Å². The molecule has 46 valence electrons. The molecule has 0 saturated carbocycles. The minimum atomic E-state index is -0.738. The molecule has 0 N–H and O–H groups in total. The first kappa shape index (κ1) is 7.27. The molecule has 0 aromatic carbocycles. The number of rotatable bonds is 3. The summed E-state index contributed by atoms with van der Waals surface area (Å²) in [6.07, 6.45) is -0.269. The Morgan fingerprint density at radius 2 is 2.00 bits per heavy atom. The molecule has 0 aliphatic carbocycles. The Labute approximate surface area is 46.7 Å². The topological polar surface area (TPSA) is 34.1 Å². The van der Waals surface area contributed by atoms with Crippen LogP contribution < -0.4 is 0 Å². The molecule has 8 heavy (non-hydrogen) atoms. The summed E-state index contributed by atoms with van der Waals surface area (Å²) in [5, 5.41) is 0. The average Bonchev–Trinajstić information content (AvgIpc) is 1.67. The van der Waals surface area contributed by atoms with Gasteiger partial charge in [0.2, 0.25) is 5.78 Å². The number of Topliss-reactive ketones (excluding diaryl/α,β-unsaturated/α-hetero) is 2. The van der Waals surface area contributed by atoms with Gasteiger partial charge in [0.1, 0.15) is 0 Å². The van der Waals surface area contributed by atoms with Crippen molar-refractivity contribution in [2.24, 2.45) is 0 Å². The summed E-state index contributed by atoms with van der Waals surface area (Å²) >= 11 is 0. The second kappa shape index (κ2) is 3.29. The van der Waals surface area contributed by atoms with Gasteiger partial charge in [-0.25, -0.2) is 0 Å². The fourth-order valence-corrected chi connectivity index (χ4v) is 0.262. The fraction of sp³-hybridized carbons (Fsp3) is 0.600. The molecule has 0 bridgehead atoms. The van der Waals surface area contributed by atoms with Crippen molar-refractivity contribution in [3.8, 4) is 0 Å².